The van der Waals surface area contributed by atoms with Crippen LogP contribution in [0.4, 0.5) is 0 Å². The van der Waals surface area contributed by atoms with Crippen molar-refractivity contribution >= 4 is 5.91 Å². The standard InChI is InChI=1S/C17H14N2O2/c20-17(14-9-11-21-12-14)19-16(13-6-2-1-3-7-13)15-8-4-5-10-18-15/h1-12,16H,(H,19,20). The summed E-state index contributed by atoms with van der Waals surface area (Å²) in [5, 5.41) is 2.99. The Morgan fingerprint density at radius 3 is 2.52 bits per heavy atom. The van der Waals surface area contributed by atoms with Crippen molar-refractivity contribution in [2.75, 3.05) is 0 Å². The highest BCUT2D eigenvalue weighted by Gasteiger charge is 2.19. The molecule has 0 aliphatic rings. The summed E-state index contributed by atoms with van der Waals surface area (Å²) in [4.78, 5) is 16.6. The van der Waals surface area contributed by atoms with Gasteiger partial charge >= 0.3 is 0 Å². The Bertz CT molecular complexity index is 655. The molecule has 4 nitrogen and oxygen atoms in total. The lowest BCUT2D eigenvalue weighted by molar-refractivity contribution is 0.0941. The first-order chi connectivity index (χ1) is 10.3. The van der Waals surface area contributed by atoms with Crippen LogP contribution in [-0.2, 0) is 0 Å². The third-order valence-corrected chi connectivity index (χ3v) is 3.18. The Hall–Kier alpha value is -2.88. The minimum Gasteiger partial charge on any atom is -0.472 e. The molecule has 3 aromatic rings. The van der Waals surface area contributed by atoms with Crippen LogP contribution < -0.4 is 5.32 Å². The van der Waals surface area contributed by atoms with Gasteiger partial charge in [-0.15, -0.1) is 0 Å². The lowest BCUT2D eigenvalue weighted by Gasteiger charge is -2.18. The molecule has 1 aromatic carbocycles. The van der Waals surface area contributed by atoms with Gasteiger partial charge in [0.05, 0.1) is 23.6 Å². The van der Waals surface area contributed by atoms with Crippen LogP contribution in [0.3, 0.4) is 0 Å². The molecule has 3 rings (SSSR count). The zero-order valence-electron chi connectivity index (χ0n) is 11.3. The molecule has 21 heavy (non-hydrogen) atoms. The molecule has 0 bridgehead atoms. The lowest BCUT2D eigenvalue weighted by Crippen LogP contribution is -2.29. The largest absolute Gasteiger partial charge is 0.472 e. The van der Waals surface area contributed by atoms with Gasteiger partial charge in [-0.05, 0) is 23.8 Å². The number of hydrogen-bond donors (Lipinski definition) is 1. The van der Waals surface area contributed by atoms with E-state index in [9.17, 15) is 4.79 Å². The van der Waals surface area contributed by atoms with E-state index in [4.69, 9.17) is 4.42 Å². The predicted octanol–water partition coefficient (Wildman–Crippen LogP) is 3.19. The molecule has 104 valence electrons. The zero-order chi connectivity index (χ0) is 14.5. The van der Waals surface area contributed by atoms with E-state index in [1.54, 1.807) is 12.3 Å². The molecule has 0 saturated carbocycles. The number of hydrogen-bond acceptors (Lipinski definition) is 3. The van der Waals surface area contributed by atoms with Crippen molar-refractivity contribution in [3.05, 3.63) is 90.1 Å². The Kier molecular flexibility index (Phi) is 3.78. The molecule has 0 aliphatic carbocycles. The van der Waals surface area contributed by atoms with E-state index < -0.39 is 0 Å². The number of carbonyl (C=O) groups excluding carboxylic acids is 1. The van der Waals surface area contributed by atoms with Gasteiger partial charge in [-0.3, -0.25) is 9.78 Å². The molecule has 4 heteroatoms. The summed E-state index contributed by atoms with van der Waals surface area (Å²) in [6.07, 6.45) is 4.62. The van der Waals surface area contributed by atoms with E-state index >= 15 is 0 Å². The maximum atomic E-state index is 12.3. The summed E-state index contributed by atoms with van der Waals surface area (Å²) in [7, 11) is 0. The minimum absolute atomic E-state index is 0.191. The van der Waals surface area contributed by atoms with Crippen molar-refractivity contribution in [1.82, 2.24) is 10.3 Å². The van der Waals surface area contributed by atoms with Crippen LogP contribution in [0, 0.1) is 0 Å². The molecule has 0 spiro atoms. The van der Waals surface area contributed by atoms with Crippen LogP contribution in [0.2, 0.25) is 0 Å². The number of benzene rings is 1. The normalized spacial score (nSPS) is 11.8. The Balaban J connectivity index is 1.92. The molecule has 0 saturated heterocycles. The number of aromatic nitrogens is 1. The summed E-state index contributed by atoms with van der Waals surface area (Å²) in [5.41, 5.74) is 2.26. The smallest absolute Gasteiger partial charge is 0.255 e. The van der Waals surface area contributed by atoms with Gasteiger partial charge in [-0.25, -0.2) is 0 Å². The average molecular weight is 278 g/mol. The first kappa shape index (κ1) is 13.1. The maximum absolute atomic E-state index is 12.3. The van der Waals surface area contributed by atoms with E-state index in [0.717, 1.165) is 11.3 Å². The first-order valence-corrected chi connectivity index (χ1v) is 6.63. The fourth-order valence-electron chi connectivity index (χ4n) is 2.13. The van der Waals surface area contributed by atoms with Crippen molar-refractivity contribution in [3.63, 3.8) is 0 Å². The van der Waals surface area contributed by atoms with Gasteiger partial charge in [-0.1, -0.05) is 36.4 Å². The van der Waals surface area contributed by atoms with Gasteiger partial charge in [0.15, 0.2) is 0 Å². The number of rotatable bonds is 4. The monoisotopic (exact) mass is 278 g/mol. The molecule has 1 unspecified atom stereocenters. The molecule has 0 fully saturated rings. The Morgan fingerprint density at radius 1 is 1.05 bits per heavy atom. The summed E-state index contributed by atoms with van der Waals surface area (Å²) >= 11 is 0. The minimum atomic E-state index is -0.296. The SMILES string of the molecule is O=C(NC(c1ccccc1)c1ccccn1)c1ccoc1. The first-order valence-electron chi connectivity index (χ1n) is 6.63. The molecule has 1 amide bonds. The van der Waals surface area contributed by atoms with E-state index in [2.05, 4.69) is 10.3 Å². The molecule has 0 aliphatic heterocycles. The van der Waals surface area contributed by atoms with Crippen LogP contribution in [0.25, 0.3) is 0 Å². The second-order valence-electron chi connectivity index (χ2n) is 4.58. The molecule has 0 radical (unpaired) electrons. The number of amides is 1. The van der Waals surface area contributed by atoms with Crippen molar-refractivity contribution < 1.29 is 9.21 Å². The second kappa shape index (κ2) is 6.05. The van der Waals surface area contributed by atoms with Crippen LogP contribution >= 0.6 is 0 Å². The van der Waals surface area contributed by atoms with Crippen molar-refractivity contribution in [2.24, 2.45) is 0 Å². The number of furan rings is 1. The highest BCUT2D eigenvalue weighted by Crippen LogP contribution is 2.20. The molecular weight excluding hydrogens is 264 g/mol. The molecule has 1 atom stereocenters. The van der Waals surface area contributed by atoms with Crippen molar-refractivity contribution in [3.8, 4) is 0 Å². The van der Waals surface area contributed by atoms with E-state index in [-0.39, 0.29) is 11.9 Å². The molecule has 2 aromatic heterocycles. The highest BCUT2D eigenvalue weighted by molar-refractivity contribution is 5.94. The van der Waals surface area contributed by atoms with Crippen molar-refractivity contribution in [2.45, 2.75) is 6.04 Å². The molecule has 2 heterocycles. The second-order valence-corrected chi connectivity index (χ2v) is 4.58. The average Bonchev–Trinajstić information content (AvgIpc) is 3.09. The lowest BCUT2D eigenvalue weighted by atomic mass is 10.0. The van der Waals surface area contributed by atoms with Crippen LogP contribution in [0.1, 0.15) is 27.7 Å². The van der Waals surface area contributed by atoms with Gasteiger partial charge < -0.3 is 9.73 Å². The van der Waals surface area contributed by atoms with Gasteiger partial charge in [0.1, 0.15) is 6.26 Å². The van der Waals surface area contributed by atoms with Crippen LogP contribution in [0.15, 0.2) is 77.7 Å². The Labute approximate surface area is 122 Å². The van der Waals surface area contributed by atoms with Crippen LogP contribution in [-0.4, -0.2) is 10.9 Å². The summed E-state index contributed by atoms with van der Waals surface area (Å²) in [6.45, 7) is 0. The summed E-state index contributed by atoms with van der Waals surface area (Å²) in [5.74, 6) is -0.191. The van der Waals surface area contributed by atoms with E-state index in [0.29, 0.717) is 5.56 Å². The van der Waals surface area contributed by atoms with Gasteiger partial charge in [-0.2, -0.15) is 0 Å². The molecular formula is C17H14N2O2. The third kappa shape index (κ3) is 3.00. The Morgan fingerprint density at radius 2 is 1.86 bits per heavy atom. The third-order valence-electron chi connectivity index (χ3n) is 3.18. The quantitative estimate of drug-likeness (QED) is 0.797. The topological polar surface area (TPSA) is 55.1 Å². The summed E-state index contributed by atoms with van der Waals surface area (Å²) < 4.78 is 4.95. The van der Waals surface area contributed by atoms with Gasteiger partial charge in [0.2, 0.25) is 0 Å². The fraction of sp³-hybridized carbons (Fsp3) is 0.0588. The summed E-state index contributed by atoms with van der Waals surface area (Å²) in [6, 6.07) is 16.7. The van der Waals surface area contributed by atoms with Crippen molar-refractivity contribution in [1.29, 1.82) is 0 Å². The molecule has 1 N–H and O–H groups in total. The highest BCUT2D eigenvalue weighted by atomic mass is 16.3. The number of pyridine rings is 1. The van der Waals surface area contributed by atoms with Crippen LogP contribution in [0.5, 0.6) is 0 Å². The number of carbonyl (C=O) groups is 1. The number of nitrogens with one attached hydrogen (secondary N) is 1. The van der Waals surface area contributed by atoms with E-state index in [1.807, 2.05) is 48.5 Å². The van der Waals surface area contributed by atoms with Gasteiger partial charge in [0, 0.05) is 6.20 Å². The maximum Gasteiger partial charge on any atom is 0.255 e. The van der Waals surface area contributed by atoms with E-state index in [1.165, 1.54) is 12.5 Å². The van der Waals surface area contributed by atoms with Gasteiger partial charge in [0.25, 0.3) is 5.91 Å². The predicted molar refractivity (Wildman–Crippen MR) is 78.7 cm³/mol. The number of nitrogens with zero attached hydrogens (tertiary/aromatic N) is 1. The zero-order valence-corrected chi connectivity index (χ0v) is 11.3. The fourth-order valence-corrected chi connectivity index (χ4v) is 2.13.